The van der Waals surface area contributed by atoms with Gasteiger partial charge in [0.05, 0.1) is 17.3 Å². The largest absolute Gasteiger partial charge is 0.416 e. The maximum absolute atomic E-state index is 13.3. The van der Waals surface area contributed by atoms with Crippen molar-refractivity contribution in [2.24, 2.45) is 0 Å². The predicted octanol–water partition coefficient (Wildman–Crippen LogP) is 5.60. The average molecular weight is 458 g/mol. The Morgan fingerprint density at radius 1 is 1.24 bits per heavy atom. The summed E-state index contributed by atoms with van der Waals surface area (Å²) >= 11 is 0. The maximum atomic E-state index is 13.3. The number of hydrogen-bond acceptors (Lipinski definition) is 5. The van der Waals surface area contributed by atoms with Gasteiger partial charge >= 0.3 is 6.18 Å². The topological polar surface area (TPSA) is 71.0 Å². The number of alkyl halides is 3. The van der Waals surface area contributed by atoms with Gasteiger partial charge in [-0.2, -0.15) is 13.2 Å². The van der Waals surface area contributed by atoms with E-state index in [9.17, 15) is 18.0 Å². The van der Waals surface area contributed by atoms with Crippen molar-refractivity contribution in [3.63, 3.8) is 0 Å². The number of benzene rings is 1. The van der Waals surface area contributed by atoms with Crippen LogP contribution in [0.5, 0.6) is 0 Å². The van der Waals surface area contributed by atoms with Crippen LogP contribution in [0.25, 0.3) is 10.9 Å². The molecule has 0 spiro atoms. The van der Waals surface area contributed by atoms with Gasteiger partial charge in [0.2, 0.25) is 5.91 Å². The lowest BCUT2D eigenvalue weighted by Gasteiger charge is -2.18. The zero-order valence-corrected chi connectivity index (χ0v) is 18.8. The third-order valence-corrected chi connectivity index (χ3v) is 6.19. The number of hydrogen-bond donors (Lipinski definition) is 1. The zero-order valence-electron chi connectivity index (χ0n) is 18.8. The minimum atomic E-state index is -4.41. The molecular weight excluding hydrogens is 431 g/mol. The molecule has 9 heteroatoms. The maximum Gasteiger partial charge on any atom is 0.416 e. The van der Waals surface area contributed by atoms with Crippen molar-refractivity contribution in [1.82, 2.24) is 15.0 Å². The first-order valence-electron chi connectivity index (χ1n) is 11.1. The molecule has 33 heavy (non-hydrogen) atoms. The molecule has 1 N–H and O–H groups in total. The number of anilines is 2. The molecular formula is C24H26F3N5O. The number of pyridine rings is 1. The second-order valence-electron chi connectivity index (χ2n) is 8.39. The van der Waals surface area contributed by atoms with Crippen LogP contribution in [-0.4, -0.2) is 27.4 Å². The molecule has 0 bridgehead atoms. The Balaban J connectivity index is 1.74. The minimum Gasteiger partial charge on any atom is -0.365 e. The highest BCUT2D eigenvalue weighted by molar-refractivity contribution is 5.97. The van der Waals surface area contributed by atoms with Gasteiger partial charge in [-0.1, -0.05) is 26.0 Å². The number of amides is 1. The van der Waals surface area contributed by atoms with E-state index in [-0.39, 0.29) is 23.9 Å². The van der Waals surface area contributed by atoms with Crippen molar-refractivity contribution < 1.29 is 18.0 Å². The Morgan fingerprint density at radius 3 is 2.70 bits per heavy atom. The lowest BCUT2D eigenvalue weighted by Crippen LogP contribution is -2.24. The van der Waals surface area contributed by atoms with Crippen LogP contribution in [0.4, 0.5) is 24.8 Å². The van der Waals surface area contributed by atoms with Crippen LogP contribution in [0.3, 0.4) is 0 Å². The minimum absolute atomic E-state index is 0.0214. The number of halogens is 3. The van der Waals surface area contributed by atoms with Gasteiger partial charge in [0.1, 0.15) is 17.5 Å². The third kappa shape index (κ3) is 4.62. The molecule has 174 valence electrons. The van der Waals surface area contributed by atoms with Gasteiger partial charge < -0.3 is 5.32 Å². The molecule has 3 heterocycles. The van der Waals surface area contributed by atoms with Crippen molar-refractivity contribution in [3.05, 3.63) is 53.0 Å². The van der Waals surface area contributed by atoms with E-state index in [4.69, 9.17) is 4.98 Å². The molecule has 1 amide bonds. The van der Waals surface area contributed by atoms with Gasteiger partial charge in [-0.25, -0.2) is 15.0 Å². The first kappa shape index (κ1) is 22.9. The molecule has 0 aliphatic carbocycles. The van der Waals surface area contributed by atoms with Crippen LogP contribution in [-0.2, 0) is 17.5 Å². The van der Waals surface area contributed by atoms with E-state index in [1.165, 1.54) is 13.0 Å². The highest BCUT2D eigenvalue weighted by Crippen LogP contribution is 2.34. The molecule has 4 rings (SSSR count). The van der Waals surface area contributed by atoms with Crippen LogP contribution in [0.1, 0.15) is 61.5 Å². The Bertz CT molecular complexity index is 1190. The molecule has 1 fully saturated rings. The molecule has 1 saturated heterocycles. The monoisotopic (exact) mass is 457 g/mol. The average Bonchev–Trinajstić information content (AvgIpc) is 3.22. The SMILES string of the molecule is CCC(C)c1nc(NCc2cccc(C(F)(F)F)c2C)c2cc(N3CCCC3=O)ncc2n1. The molecule has 1 aromatic carbocycles. The van der Waals surface area contributed by atoms with Crippen LogP contribution in [0, 0.1) is 6.92 Å². The van der Waals surface area contributed by atoms with Crippen LogP contribution >= 0.6 is 0 Å². The van der Waals surface area contributed by atoms with Crippen LogP contribution < -0.4 is 10.2 Å². The number of rotatable bonds is 6. The van der Waals surface area contributed by atoms with Crippen molar-refractivity contribution in [1.29, 1.82) is 0 Å². The summed E-state index contributed by atoms with van der Waals surface area (Å²) in [5.74, 6) is 1.81. The van der Waals surface area contributed by atoms with Gasteiger partial charge in [-0.15, -0.1) is 0 Å². The van der Waals surface area contributed by atoms with Crippen molar-refractivity contribution >= 4 is 28.4 Å². The molecule has 1 aliphatic rings. The van der Waals surface area contributed by atoms with Crippen molar-refractivity contribution in [2.45, 2.75) is 58.7 Å². The molecule has 0 radical (unpaired) electrons. The van der Waals surface area contributed by atoms with E-state index in [1.54, 1.807) is 23.2 Å². The molecule has 1 aliphatic heterocycles. The Labute approximate surface area is 190 Å². The Hall–Kier alpha value is -3.23. The lowest BCUT2D eigenvalue weighted by atomic mass is 10.0. The van der Waals surface area contributed by atoms with Gasteiger partial charge in [0.25, 0.3) is 0 Å². The van der Waals surface area contributed by atoms with Crippen molar-refractivity contribution in [2.75, 3.05) is 16.8 Å². The third-order valence-electron chi connectivity index (χ3n) is 6.19. The quantitative estimate of drug-likeness (QED) is 0.521. The Morgan fingerprint density at radius 2 is 2.03 bits per heavy atom. The van der Waals surface area contributed by atoms with E-state index < -0.39 is 11.7 Å². The lowest BCUT2D eigenvalue weighted by molar-refractivity contribution is -0.138. The van der Waals surface area contributed by atoms with Crippen LogP contribution in [0.15, 0.2) is 30.5 Å². The second kappa shape index (κ2) is 8.96. The first-order valence-corrected chi connectivity index (χ1v) is 11.1. The first-order chi connectivity index (χ1) is 15.7. The predicted molar refractivity (Wildman–Crippen MR) is 121 cm³/mol. The highest BCUT2D eigenvalue weighted by Gasteiger charge is 2.32. The molecule has 2 aromatic heterocycles. The molecule has 0 saturated carbocycles. The number of nitrogens with zero attached hydrogens (tertiary/aromatic N) is 4. The standard InChI is InChI=1S/C24H26F3N5O/c1-4-14(2)22-30-19-13-28-20(32-10-6-9-21(32)33)11-17(19)23(31-22)29-12-16-7-5-8-18(15(16)3)24(25,26)27/h5,7-8,11,13-14H,4,6,9-10,12H2,1-3H3,(H,29,30,31). The zero-order chi connectivity index (χ0) is 23.8. The van der Waals surface area contributed by atoms with E-state index in [1.807, 2.05) is 13.8 Å². The summed E-state index contributed by atoms with van der Waals surface area (Å²) in [6.45, 7) is 6.31. The summed E-state index contributed by atoms with van der Waals surface area (Å²) < 4.78 is 40.0. The smallest absolute Gasteiger partial charge is 0.365 e. The number of nitrogens with one attached hydrogen (secondary N) is 1. The van der Waals surface area contributed by atoms with E-state index in [0.29, 0.717) is 46.9 Å². The van der Waals surface area contributed by atoms with Gasteiger partial charge in [-0.05, 0) is 43.0 Å². The fraction of sp³-hybridized carbons (Fsp3) is 0.417. The summed E-state index contributed by atoms with van der Waals surface area (Å²) in [4.78, 5) is 27.6. The normalized spacial score (nSPS) is 15.3. The van der Waals surface area contributed by atoms with E-state index in [0.717, 1.165) is 18.9 Å². The van der Waals surface area contributed by atoms with E-state index >= 15 is 0 Å². The second-order valence-corrected chi connectivity index (χ2v) is 8.39. The number of aromatic nitrogens is 3. The fourth-order valence-electron chi connectivity index (χ4n) is 3.98. The number of fused-ring (bicyclic) bond motifs is 1. The number of carbonyl (C=O) groups is 1. The molecule has 1 atom stereocenters. The Kier molecular flexibility index (Phi) is 6.23. The van der Waals surface area contributed by atoms with Gasteiger partial charge in [-0.3, -0.25) is 9.69 Å². The fourth-order valence-corrected chi connectivity index (χ4v) is 3.98. The number of carbonyl (C=O) groups excluding carboxylic acids is 1. The summed E-state index contributed by atoms with van der Waals surface area (Å²) in [6, 6.07) is 5.95. The van der Waals surface area contributed by atoms with Gasteiger partial charge in [0.15, 0.2) is 0 Å². The summed E-state index contributed by atoms with van der Waals surface area (Å²) in [6.07, 6.45) is -0.671. The highest BCUT2D eigenvalue weighted by atomic mass is 19.4. The van der Waals surface area contributed by atoms with Crippen molar-refractivity contribution in [3.8, 4) is 0 Å². The molecule has 3 aromatic rings. The molecule has 1 unspecified atom stereocenters. The van der Waals surface area contributed by atoms with Gasteiger partial charge in [0, 0.05) is 30.8 Å². The summed E-state index contributed by atoms with van der Waals surface area (Å²) in [5, 5.41) is 3.90. The van der Waals surface area contributed by atoms with Crippen LogP contribution in [0.2, 0.25) is 0 Å². The summed E-state index contributed by atoms with van der Waals surface area (Å²) in [5.41, 5.74) is 0.696. The van der Waals surface area contributed by atoms with E-state index in [2.05, 4.69) is 15.3 Å². The summed E-state index contributed by atoms with van der Waals surface area (Å²) in [7, 11) is 0. The molecule has 6 nitrogen and oxygen atoms in total.